The van der Waals surface area contributed by atoms with E-state index in [1.807, 2.05) is 10.9 Å². The van der Waals surface area contributed by atoms with Crippen molar-refractivity contribution < 1.29 is 32.3 Å². The number of primary amides is 1. The molecule has 28 heavy (non-hydrogen) atoms. The summed E-state index contributed by atoms with van der Waals surface area (Å²) in [5.41, 5.74) is 5.94. The minimum Gasteiger partial charge on any atom is -0.475 e. The lowest BCUT2D eigenvalue weighted by molar-refractivity contribution is -0.192. The Balaban J connectivity index is 0.000000345. The fourth-order valence-corrected chi connectivity index (χ4v) is 3.04. The summed E-state index contributed by atoms with van der Waals surface area (Å²) in [6, 6.07) is 2.82. The predicted molar refractivity (Wildman–Crippen MR) is 92.3 cm³/mol. The number of nitrogens with two attached hydrogens (primary N) is 1. The van der Waals surface area contributed by atoms with Gasteiger partial charge in [-0.3, -0.25) is 9.48 Å². The smallest absolute Gasteiger partial charge is 0.475 e. The Kier molecular flexibility index (Phi) is 6.60. The number of nitrogens with zero attached hydrogens (tertiary/aromatic N) is 3. The zero-order valence-corrected chi connectivity index (χ0v) is 15.0. The van der Waals surface area contributed by atoms with E-state index in [1.54, 1.807) is 0 Å². The molecule has 0 spiro atoms. The van der Waals surface area contributed by atoms with Crippen molar-refractivity contribution in [1.29, 1.82) is 0 Å². The Morgan fingerprint density at radius 1 is 1.36 bits per heavy atom. The first-order valence-corrected chi connectivity index (χ1v) is 8.53. The van der Waals surface area contributed by atoms with Crippen LogP contribution in [-0.4, -0.2) is 57.5 Å². The number of carboxylic acids is 1. The molecular formula is C17H20F4N4O3. The van der Waals surface area contributed by atoms with Crippen LogP contribution in [0.1, 0.15) is 36.2 Å². The maximum atomic E-state index is 13.6. The molecule has 0 saturated carbocycles. The molecule has 7 nitrogen and oxygen atoms in total. The largest absolute Gasteiger partial charge is 0.490 e. The number of aliphatic carboxylic acids is 1. The van der Waals surface area contributed by atoms with Gasteiger partial charge in [0.05, 0.1) is 11.6 Å². The quantitative estimate of drug-likeness (QED) is 0.763. The van der Waals surface area contributed by atoms with E-state index in [-0.39, 0.29) is 11.6 Å². The van der Waals surface area contributed by atoms with Crippen molar-refractivity contribution in [3.05, 3.63) is 29.7 Å². The van der Waals surface area contributed by atoms with Crippen LogP contribution in [0.15, 0.2) is 18.3 Å². The van der Waals surface area contributed by atoms with Gasteiger partial charge in [-0.1, -0.05) is 6.92 Å². The fourth-order valence-electron chi connectivity index (χ4n) is 3.04. The van der Waals surface area contributed by atoms with E-state index < -0.39 is 23.9 Å². The van der Waals surface area contributed by atoms with Gasteiger partial charge in [0.15, 0.2) is 0 Å². The van der Waals surface area contributed by atoms with Gasteiger partial charge in [0.25, 0.3) is 5.91 Å². The number of amides is 1. The highest BCUT2D eigenvalue weighted by Crippen LogP contribution is 2.25. The highest BCUT2D eigenvalue weighted by atomic mass is 19.4. The van der Waals surface area contributed by atoms with Crippen molar-refractivity contribution in [3.63, 3.8) is 0 Å². The standard InChI is InChI=1S/C15H19FN4O.C2HF3O2/c1-2-4-19-5-3-12(9-19)20-8-10-6-11(16)7-13(15(17)21)14(10)18-20;3-2(4,5)1(6)7/h6-8,12H,2-5,9H2,1H3,(H2,17,21);(H,6,7). The van der Waals surface area contributed by atoms with E-state index in [2.05, 4.69) is 16.9 Å². The zero-order chi connectivity index (χ0) is 21.1. The number of benzene rings is 1. The van der Waals surface area contributed by atoms with E-state index in [0.717, 1.165) is 38.5 Å². The van der Waals surface area contributed by atoms with Crippen molar-refractivity contribution >= 4 is 22.8 Å². The number of halogens is 4. The minimum atomic E-state index is -5.08. The number of fused-ring (bicyclic) bond motifs is 1. The number of alkyl halides is 3. The Morgan fingerprint density at radius 2 is 2.00 bits per heavy atom. The molecule has 0 radical (unpaired) electrons. The predicted octanol–water partition coefficient (Wildman–Crippen LogP) is 2.56. The van der Waals surface area contributed by atoms with Gasteiger partial charge in [-0.2, -0.15) is 18.3 Å². The monoisotopic (exact) mass is 404 g/mol. The summed E-state index contributed by atoms with van der Waals surface area (Å²) < 4.78 is 47.1. The van der Waals surface area contributed by atoms with E-state index in [0.29, 0.717) is 10.9 Å². The zero-order valence-electron chi connectivity index (χ0n) is 15.0. The van der Waals surface area contributed by atoms with Crippen molar-refractivity contribution in [3.8, 4) is 0 Å². The van der Waals surface area contributed by atoms with Gasteiger partial charge >= 0.3 is 12.1 Å². The highest BCUT2D eigenvalue weighted by Gasteiger charge is 2.38. The van der Waals surface area contributed by atoms with E-state index in [9.17, 15) is 22.4 Å². The molecule has 1 aromatic heterocycles. The second-order valence-corrected chi connectivity index (χ2v) is 6.41. The molecule has 154 valence electrons. The Morgan fingerprint density at radius 3 is 2.54 bits per heavy atom. The van der Waals surface area contributed by atoms with Gasteiger partial charge in [-0.05, 0) is 31.5 Å². The number of carbonyl (C=O) groups excluding carboxylic acids is 1. The lowest BCUT2D eigenvalue weighted by Crippen LogP contribution is -2.22. The fraction of sp³-hybridized carbons (Fsp3) is 0.471. The van der Waals surface area contributed by atoms with Crippen molar-refractivity contribution in [2.24, 2.45) is 5.73 Å². The summed E-state index contributed by atoms with van der Waals surface area (Å²) in [4.78, 5) is 22.7. The van der Waals surface area contributed by atoms with Crippen LogP contribution < -0.4 is 5.73 Å². The number of rotatable bonds is 4. The van der Waals surface area contributed by atoms with Crippen LogP contribution in [0.3, 0.4) is 0 Å². The van der Waals surface area contributed by atoms with Gasteiger partial charge in [-0.25, -0.2) is 9.18 Å². The minimum absolute atomic E-state index is 0.146. The summed E-state index contributed by atoms with van der Waals surface area (Å²) in [5.74, 6) is -3.87. The molecule has 1 amide bonds. The first-order chi connectivity index (χ1) is 13.0. The van der Waals surface area contributed by atoms with Crippen molar-refractivity contribution in [2.75, 3.05) is 19.6 Å². The van der Waals surface area contributed by atoms with E-state index >= 15 is 0 Å². The molecule has 3 rings (SSSR count). The number of likely N-dealkylation sites (tertiary alicyclic amines) is 1. The van der Waals surface area contributed by atoms with Crippen LogP contribution in [0.25, 0.3) is 10.9 Å². The number of aromatic nitrogens is 2. The van der Waals surface area contributed by atoms with Crippen LogP contribution in [0.2, 0.25) is 0 Å². The molecule has 1 aliphatic heterocycles. The molecule has 11 heteroatoms. The van der Waals surface area contributed by atoms with Crippen molar-refractivity contribution in [1.82, 2.24) is 14.7 Å². The third kappa shape index (κ3) is 5.18. The van der Waals surface area contributed by atoms with Crippen LogP contribution in [0, 0.1) is 5.82 Å². The third-order valence-electron chi connectivity index (χ3n) is 4.26. The molecule has 0 bridgehead atoms. The van der Waals surface area contributed by atoms with E-state index in [1.165, 1.54) is 6.07 Å². The third-order valence-corrected chi connectivity index (χ3v) is 4.26. The number of carboxylic acid groups (broad SMARTS) is 1. The van der Waals surface area contributed by atoms with Gasteiger partial charge in [0, 0.05) is 24.7 Å². The maximum absolute atomic E-state index is 13.6. The molecule has 0 aliphatic carbocycles. The molecule has 3 N–H and O–H groups in total. The lowest BCUT2D eigenvalue weighted by Gasteiger charge is -2.14. The SMILES string of the molecule is CCCN1CCC(n2cc3cc(F)cc(C(N)=O)c3n2)C1.O=C(O)C(F)(F)F. The van der Waals surface area contributed by atoms with Gasteiger partial charge in [0.2, 0.25) is 0 Å². The summed E-state index contributed by atoms with van der Waals surface area (Å²) in [6.07, 6.45) is -1.13. The molecule has 1 unspecified atom stereocenters. The molecule has 2 heterocycles. The Hall–Kier alpha value is -2.69. The second-order valence-electron chi connectivity index (χ2n) is 6.41. The van der Waals surface area contributed by atoms with Gasteiger partial charge in [-0.15, -0.1) is 0 Å². The highest BCUT2D eigenvalue weighted by molar-refractivity contribution is 6.04. The average molecular weight is 404 g/mol. The Bertz CT molecular complexity index is 866. The lowest BCUT2D eigenvalue weighted by atomic mass is 10.1. The van der Waals surface area contributed by atoms with E-state index in [4.69, 9.17) is 15.6 Å². The molecular weight excluding hydrogens is 384 g/mol. The summed E-state index contributed by atoms with van der Waals surface area (Å²) in [7, 11) is 0. The summed E-state index contributed by atoms with van der Waals surface area (Å²) >= 11 is 0. The van der Waals surface area contributed by atoms with Crippen LogP contribution in [0.4, 0.5) is 17.6 Å². The molecule has 1 atom stereocenters. The number of hydrogen-bond donors (Lipinski definition) is 2. The van der Waals surface area contributed by atoms with Crippen molar-refractivity contribution in [2.45, 2.75) is 32.0 Å². The van der Waals surface area contributed by atoms with Gasteiger partial charge < -0.3 is 15.7 Å². The first kappa shape index (κ1) is 21.6. The first-order valence-electron chi connectivity index (χ1n) is 8.53. The number of carbonyl (C=O) groups is 2. The van der Waals surface area contributed by atoms with Crippen LogP contribution in [0.5, 0.6) is 0 Å². The number of hydrogen-bond acceptors (Lipinski definition) is 4. The normalized spacial score (nSPS) is 17.4. The second kappa shape index (κ2) is 8.55. The summed E-state index contributed by atoms with van der Waals surface area (Å²) in [6.45, 7) is 5.23. The molecule has 2 aromatic rings. The van der Waals surface area contributed by atoms with Crippen LogP contribution in [-0.2, 0) is 4.79 Å². The molecule has 1 saturated heterocycles. The van der Waals surface area contributed by atoms with Gasteiger partial charge in [0.1, 0.15) is 11.3 Å². The molecule has 1 fully saturated rings. The maximum Gasteiger partial charge on any atom is 0.490 e. The Labute approximate surface area is 157 Å². The average Bonchev–Trinajstić information content (AvgIpc) is 3.20. The molecule has 1 aliphatic rings. The topological polar surface area (TPSA) is 101 Å². The summed E-state index contributed by atoms with van der Waals surface area (Å²) in [5, 5.41) is 12.2. The van der Waals surface area contributed by atoms with Crippen LogP contribution >= 0.6 is 0 Å². The molecule has 1 aromatic carbocycles.